The molecule has 1 aromatic carbocycles. The van der Waals surface area contributed by atoms with Gasteiger partial charge in [-0.15, -0.1) is 0 Å². The summed E-state index contributed by atoms with van der Waals surface area (Å²) in [4.78, 5) is 2.64. The van der Waals surface area contributed by atoms with Crippen molar-refractivity contribution in [3.8, 4) is 0 Å². The monoisotopic (exact) mass is 227 g/mol. The van der Waals surface area contributed by atoms with E-state index in [2.05, 4.69) is 35.2 Å². The number of rotatable bonds is 2. The number of hydrogen-bond donors (Lipinski definition) is 0. The summed E-state index contributed by atoms with van der Waals surface area (Å²) in [6.07, 6.45) is 8.21. The molecule has 0 aromatic heterocycles. The van der Waals surface area contributed by atoms with Crippen LogP contribution >= 0.6 is 0 Å². The van der Waals surface area contributed by atoms with Gasteiger partial charge in [0.15, 0.2) is 0 Å². The highest BCUT2D eigenvalue weighted by molar-refractivity contribution is 5.26. The van der Waals surface area contributed by atoms with Crippen molar-refractivity contribution in [3.63, 3.8) is 0 Å². The SMILES string of the molecule is c1ccc(CN2CCCCCC2=C2CC2)cc1. The van der Waals surface area contributed by atoms with Gasteiger partial charge in [0, 0.05) is 18.8 Å². The van der Waals surface area contributed by atoms with Crippen LogP contribution in [-0.4, -0.2) is 11.4 Å². The van der Waals surface area contributed by atoms with Gasteiger partial charge in [0.25, 0.3) is 0 Å². The molecule has 0 unspecified atom stereocenters. The van der Waals surface area contributed by atoms with Crippen molar-refractivity contribution in [2.75, 3.05) is 6.54 Å². The van der Waals surface area contributed by atoms with Gasteiger partial charge in [-0.05, 0) is 37.7 Å². The first-order valence-corrected chi connectivity index (χ1v) is 6.93. The summed E-state index contributed by atoms with van der Waals surface area (Å²) in [5.41, 5.74) is 4.88. The smallest absolute Gasteiger partial charge is 0.0426 e. The van der Waals surface area contributed by atoms with E-state index in [0.717, 1.165) is 6.54 Å². The van der Waals surface area contributed by atoms with Crippen LogP contribution in [0.4, 0.5) is 0 Å². The first kappa shape index (κ1) is 10.9. The Bertz CT molecular complexity index is 399. The van der Waals surface area contributed by atoms with E-state index in [1.54, 1.807) is 11.3 Å². The Balaban J connectivity index is 1.77. The largest absolute Gasteiger partial charge is 0.371 e. The van der Waals surface area contributed by atoms with Crippen molar-refractivity contribution >= 4 is 0 Å². The summed E-state index contributed by atoms with van der Waals surface area (Å²) >= 11 is 0. The molecule has 0 atom stereocenters. The molecule has 1 aromatic rings. The van der Waals surface area contributed by atoms with E-state index in [-0.39, 0.29) is 0 Å². The molecule has 1 aliphatic carbocycles. The highest BCUT2D eigenvalue weighted by atomic mass is 15.1. The van der Waals surface area contributed by atoms with E-state index in [9.17, 15) is 0 Å². The van der Waals surface area contributed by atoms with E-state index < -0.39 is 0 Å². The molecule has 0 spiro atoms. The van der Waals surface area contributed by atoms with Crippen LogP contribution in [0, 0.1) is 0 Å². The Hall–Kier alpha value is -1.24. The second-order valence-electron chi connectivity index (χ2n) is 5.27. The fourth-order valence-corrected chi connectivity index (χ4v) is 2.79. The molecular formula is C16H21N. The molecular weight excluding hydrogens is 206 g/mol. The van der Waals surface area contributed by atoms with E-state index in [1.165, 1.54) is 50.6 Å². The first-order valence-electron chi connectivity index (χ1n) is 6.93. The minimum Gasteiger partial charge on any atom is -0.371 e. The summed E-state index contributed by atoms with van der Waals surface area (Å²) in [5.74, 6) is 0. The molecule has 1 heteroatoms. The Labute approximate surface area is 104 Å². The molecule has 1 saturated carbocycles. The summed E-state index contributed by atoms with van der Waals surface area (Å²) in [5, 5.41) is 0. The molecule has 0 bridgehead atoms. The van der Waals surface area contributed by atoms with Gasteiger partial charge in [-0.25, -0.2) is 0 Å². The normalized spacial score (nSPS) is 20.4. The third kappa shape index (κ3) is 2.71. The maximum absolute atomic E-state index is 2.64. The molecule has 1 nitrogen and oxygen atoms in total. The van der Waals surface area contributed by atoms with Gasteiger partial charge in [-0.2, -0.15) is 0 Å². The Morgan fingerprint density at radius 1 is 0.882 bits per heavy atom. The van der Waals surface area contributed by atoms with Crippen LogP contribution in [0.15, 0.2) is 41.6 Å². The van der Waals surface area contributed by atoms with E-state index >= 15 is 0 Å². The molecule has 90 valence electrons. The second-order valence-corrected chi connectivity index (χ2v) is 5.27. The zero-order valence-corrected chi connectivity index (χ0v) is 10.5. The minimum atomic E-state index is 1.11. The Morgan fingerprint density at radius 3 is 2.47 bits per heavy atom. The molecule has 0 amide bonds. The number of nitrogens with zero attached hydrogens (tertiary/aromatic N) is 1. The van der Waals surface area contributed by atoms with Crippen molar-refractivity contribution in [1.82, 2.24) is 4.90 Å². The Kier molecular flexibility index (Phi) is 3.17. The summed E-state index contributed by atoms with van der Waals surface area (Å²) in [7, 11) is 0. The van der Waals surface area contributed by atoms with E-state index in [1.807, 2.05) is 0 Å². The van der Waals surface area contributed by atoms with Gasteiger partial charge in [0.05, 0.1) is 0 Å². The van der Waals surface area contributed by atoms with Crippen LogP contribution in [0.2, 0.25) is 0 Å². The molecule has 1 heterocycles. The lowest BCUT2D eigenvalue weighted by Gasteiger charge is -2.25. The highest BCUT2D eigenvalue weighted by Gasteiger charge is 2.23. The Morgan fingerprint density at radius 2 is 1.71 bits per heavy atom. The van der Waals surface area contributed by atoms with Crippen LogP contribution in [0.3, 0.4) is 0 Å². The van der Waals surface area contributed by atoms with Crippen molar-refractivity contribution in [2.45, 2.75) is 45.1 Å². The predicted molar refractivity (Wildman–Crippen MR) is 71.6 cm³/mol. The lowest BCUT2D eigenvalue weighted by molar-refractivity contribution is 0.335. The quantitative estimate of drug-likeness (QED) is 0.735. The number of likely N-dealkylation sites (tertiary alicyclic amines) is 1. The van der Waals surface area contributed by atoms with Gasteiger partial charge in [0.1, 0.15) is 0 Å². The van der Waals surface area contributed by atoms with Gasteiger partial charge in [-0.1, -0.05) is 42.3 Å². The van der Waals surface area contributed by atoms with Gasteiger partial charge in [0.2, 0.25) is 0 Å². The molecule has 2 fully saturated rings. The summed E-state index contributed by atoms with van der Waals surface area (Å²) in [6, 6.07) is 10.9. The molecule has 2 aliphatic rings. The third-order valence-corrected chi connectivity index (χ3v) is 3.85. The van der Waals surface area contributed by atoms with Crippen LogP contribution in [0.25, 0.3) is 0 Å². The third-order valence-electron chi connectivity index (χ3n) is 3.85. The minimum absolute atomic E-state index is 1.11. The second kappa shape index (κ2) is 4.95. The summed E-state index contributed by atoms with van der Waals surface area (Å²) in [6.45, 7) is 2.37. The van der Waals surface area contributed by atoms with Crippen molar-refractivity contribution in [2.24, 2.45) is 0 Å². The van der Waals surface area contributed by atoms with Crippen molar-refractivity contribution in [3.05, 3.63) is 47.2 Å². The average molecular weight is 227 g/mol. The zero-order chi connectivity index (χ0) is 11.5. The number of hydrogen-bond acceptors (Lipinski definition) is 1. The first-order chi connectivity index (χ1) is 8.43. The maximum atomic E-state index is 2.64. The van der Waals surface area contributed by atoms with Crippen molar-refractivity contribution < 1.29 is 0 Å². The molecule has 3 rings (SSSR count). The standard InChI is InChI=1S/C16H21N/c1-3-7-14(8-4-1)13-17-12-6-2-5-9-16(17)15-10-11-15/h1,3-4,7-8H,2,5-6,9-13H2. The van der Waals surface area contributed by atoms with Crippen LogP contribution in [0.1, 0.15) is 44.1 Å². The van der Waals surface area contributed by atoms with E-state index in [0.29, 0.717) is 0 Å². The lowest BCUT2D eigenvalue weighted by Crippen LogP contribution is -2.22. The topological polar surface area (TPSA) is 3.24 Å². The van der Waals surface area contributed by atoms with Gasteiger partial charge >= 0.3 is 0 Å². The molecule has 1 aliphatic heterocycles. The lowest BCUT2D eigenvalue weighted by atomic mass is 10.1. The number of allylic oxidation sites excluding steroid dienone is 2. The van der Waals surface area contributed by atoms with E-state index in [4.69, 9.17) is 0 Å². The highest BCUT2D eigenvalue weighted by Crippen LogP contribution is 2.37. The average Bonchev–Trinajstić information content (AvgIpc) is 3.16. The fourth-order valence-electron chi connectivity index (χ4n) is 2.79. The maximum Gasteiger partial charge on any atom is 0.0426 e. The molecule has 0 radical (unpaired) electrons. The molecule has 17 heavy (non-hydrogen) atoms. The van der Waals surface area contributed by atoms with Gasteiger partial charge < -0.3 is 4.90 Å². The van der Waals surface area contributed by atoms with Crippen molar-refractivity contribution in [1.29, 1.82) is 0 Å². The van der Waals surface area contributed by atoms with Crippen LogP contribution < -0.4 is 0 Å². The van der Waals surface area contributed by atoms with Crippen LogP contribution in [0.5, 0.6) is 0 Å². The molecule has 0 N–H and O–H groups in total. The fraction of sp³-hybridized carbons (Fsp3) is 0.500. The van der Waals surface area contributed by atoms with Crippen LogP contribution in [-0.2, 0) is 6.54 Å². The number of benzene rings is 1. The van der Waals surface area contributed by atoms with Gasteiger partial charge in [-0.3, -0.25) is 0 Å². The predicted octanol–water partition coefficient (Wildman–Crippen LogP) is 4.11. The summed E-state index contributed by atoms with van der Waals surface area (Å²) < 4.78 is 0. The molecule has 1 saturated heterocycles. The zero-order valence-electron chi connectivity index (χ0n) is 10.5.